The Morgan fingerprint density at radius 3 is 2.90 bits per heavy atom. The lowest BCUT2D eigenvalue weighted by Gasteiger charge is -2.16. The first-order valence-corrected chi connectivity index (χ1v) is 6.70. The van der Waals surface area contributed by atoms with Gasteiger partial charge in [0, 0.05) is 18.4 Å². The number of imidazole rings is 1. The summed E-state index contributed by atoms with van der Waals surface area (Å²) >= 11 is 0. The van der Waals surface area contributed by atoms with Crippen molar-refractivity contribution in [1.82, 2.24) is 9.55 Å². The standard InChI is InChI=1S/C15H21N3O2/c1-12(16)10-13-4-3-5-14(19-2)15(13)20-9-8-18-7-6-17-11-18/h3-7,11-12H,8-10,16H2,1-2H3. The lowest BCUT2D eigenvalue weighted by molar-refractivity contribution is 0.276. The highest BCUT2D eigenvalue weighted by atomic mass is 16.5. The van der Waals surface area contributed by atoms with Gasteiger partial charge in [-0.15, -0.1) is 0 Å². The Hall–Kier alpha value is -2.01. The summed E-state index contributed by atoms with van der Waals surface area (Å²) in [5, 5.41) is 0. The third-order valence-electron chi connectivity index (χ3n) is 2.98. The largest absolute Gasteiger partial charge is 0.493 e. The zero-order valence-electron chi connectivity index (χ0n) is 12.0. The Morgan fingerprint density at radius 2 is 2.25 bits per heavy atom. The predicted octanol–water partition coefficient (Wildman–Crippen LogP) is 1.86. The molecule has 2 N–H and O–H groups in total. The fourth-order valence-corrected chi connectivity index (χ4v) is 2.07. The van der Waals surface area contributed by atoms with Crippen molar-refractivity contribution < 1.29 is 9.47 Å². The van der Waals surface area contributed by atoms with Crippen LogP contribution in [-0.4, -0.2) is 29.3 Å². The van der Waals surface area contributed by atoms with Gasteiger partial charge in [0.15, 0.2) is 11.5 Å². The van der Waals surface area contributed by atoms with Gasteiger partial charge in [0.25, 0.3) is 0 Å². The van der Waals surface area contributed by atoms with E-state index >= 15 is 0 Å². The van der Waals surface area contributed by atoms with Crippen LogP contribution in [0, 0.1) is 0 Å². The minimum Gasteiger partial charge on any atom is -0.493 e. The summed E-state index contributed by atoms with van der Waals surface area (Å²) < 4.78 is 13.2. The lowest BCUT2D eigenvalue weighted by Crippen LogP contribution is -2.19. The van der Waals surface area contributed by atoms with E-state index in [9.17, 15) is 0 Å². The van der Waals surface area contributed by atoms with Gasteiger partial charge in [-0.2, -0.15) is 0 Å². The van der Waals surface area contributed by atoms with Crippen LogP contribution in [0.3, 0.4) is 0 Å². The second-order valence-corrected chi connectivity index (χ2v) is 4.78. The molecular formula is C15H21N3O2. The molecule has 0 aliphatic carbocycles. The molecule has 0 saturated heterocycles. The van der Waals surface area contributed by atoms with Gasteiger partial charge in [0.1, 0.15) is 6.61 Å². The number of benzene rings is 1. The van der Waals surface area contributed by atoms with Crippen molar-refractivity contribution in [1.29, 1.82) is 0 Å². The Morgan fingerprint density at radius 1 is 1.40 bits per heavy atom. The number of rotatable bonds is 7. The van der Waals surface area contributed by atoms with Gasteiger partial charge in [-0.05, 0) is 25.0 Å². The van der Waals surface area contributed by atoms with E-state index in [1.807, 2.05) is 35.9 Å². The van der Waals surface area contributed by atoms with Gasteiger partial charge in [-0.1, -0.05) is 12.1 Å². The summed E-state index contributed by atoms with van der Waals surface area (Å²) in [6.07, 6.45) is 6.20. The van der Waals surface area contributed by atoms with Crippen LogP contribution in [0.1, 0.15) is 12.5 Å². The van der Waals surface area contributed by atoms with Crippen molar-refractivity contribution >= 4 is 0 Å². The molecule has 1 unspecified atom stereocenters. The van der Waals surface area contributed by atoms with Crippen molar-refractivity contribution in [3.63, 3.8) is 0 Å². The maximum Gasteiger partial charge on any atom is 0.164 e. The molecule has 1 aromatic heterocycles. The Labute approximate surface area is 119 Å². The number of hydrogen-bond donors (Lipinski definition) is 1. The van der Waals surface area contributed by atoms with Crippen LogP contribution in [0.2, 0.25) is 0 Å². The van der Waals surface area contributed by atoms with E-state index in [0.717, 1.165) is 30.0 Å². The Bertz CT molecular complexity index is 524. The molecule has 2 aromatic rings. The van der Waals surface area contributed by atoms with Crippen LogP contribution < -0.4 is 15.2 Å². The van der Waals surface area contributed by atoms with Crippen molar-refractivity contribution in [3.8, 4) is 11.5 Å². The second kappa shape index (κ2) is 6.96. The number of ether oxygens (including phenoxy) is 2. The first-order valence-electron chi connectivity index (χ1n) is 6.70. The van der Waals surface area contributed by atoms with Crippen molar-refractivity contribution in [3.05, 3.63) is 42.5 Å². The number of nitrogens with two attached hydrogens (primary N) is 1. The number of methoxy groups -OCH3 is 1. The molecule has 5 nitrogen and oxygen atoms in total. The quantitative estimate of drug-likeness (QED) is 0.838. The molecule has 0 aliphatic heterocycles. The molecule has 0 saturated carbocycles. The molecule has 5 heteroatoms. The molecule has 1 aromatic carbocycles. The predicted molar refractivity (Wildman–Crippen MR) is 78.1 cm³/mol. The summed E-state index contributed by atoms with van der Waals surface area (Å²) in [6, 6.07) is 5.97. The topological polar surface area (TPSA) is 62.3 Å². The highest BCUT2D eigenvalue weighted by Gasteiger charge is 2.11. The van der Waals surface area contributed by atoms with Crippen molar-refractivity contribution in [2.24, 2.45) is 5.73 Å². The zero-order chi connectivity index (χ0) is 14.4. The SMILES string of the molecule is COc1cccc(CC(C)N)c1OCCn1ccnc1. The summed E-state index contributed by atoms with van der Waals surface area (Å²) in [7, 11) is 1.65. The van der Waals surface area contributed by atoms with Crippen molar-refractivity contribution in [2.75, 3.05) is 13.7 Å². The normalized spacial score (nSPS) is 12.2. The molecule has 20 heavy (non-hydrogen) atoms. The average molecular weight is 275 g/mol. The van der Waals surface area contributed by atoms with Gasteiger partial charge >= 0.3 is 0 Å². The van der Waals surface area contributed by atoms with Crippen LogP contribution in [-0.2, 0) is 13.0 Å². The smallest absolute Gasteiger partial charge is 0.164 e. The number of nitrogens with zero attached hydrogens (tertiary/aromatic N) is 2. The lowest BCUT2D eigenvalue weighted by atomic mass is 10.1. The van der Waals surface area contributed by atoms with E-state index in [1.165, 1.54) is 0 Å². The molecular weight excluding hydrogens is 254 g/mol. The van der Waals surface area contributed by atoms with Crippen LogP contribution in [0.5, 0.6) is 11.5 Å². The molecule has 1 heterocycles. The monoisotopic (exact) mass is 275 g/mol. The highest BCUT2D eigenvalue weighted by Crippen LogP contribution is 2.31. The van der Waals surface area contributed by atoms with Crippen LogP contribution in [0.4, 0.5) is 0 Å². The molecule has 0 spiro atoms. The van der Waals surface area contributed by atoms with E-state index in [4.69, 9.17) is 15.2 Å². The van der Waals surface area contributed by atoms with Gasteiger partial charge in [-0.25, -0.2) is 4.98 Å². The van der Waals surface area contributed by atoms with E-state index < -0.39 is 0 Å². The first kappa shape index (κ1) is 14.4. The van der Waals surface area contributed by atoms with E-state index in [2.05, 4.69) is 4.98 Å². The van der Waals surface area contributed by atoms with Gasteiger partial charge in [0.2, 0.25) is 0 Å². The van der Waals surface area contributed by atoms with Crippen LogP contribution in [0.25, 0.3) is 0 Å². The molecule has 0 fully saturated rings. The number of hydrogen-bond acceptors (Lipinski definition) is 4. The van der Waals surface area contributed by atoms with Gasteiger partial charge < -0.3 is 19.8 Å². The minimum atomic E-state index is 0.0816. The third kappa shape index (κ3) is 3.74. The van der Waals surface area contributed by atoms with Crippen molar-refractivity contribution in [2.45, 2.75) is 25.9 Å². The third-order valence-corrected chi connectivity index (χ3v) is 2.98. The zero-order valence-corrected chi connectivity index (χ0v) is 12.0. The second-order valence-electron chi connectivity index (χ2n) is 4.78. The fraction of sp³-hybridized carbons (Fsp3) is 0.400. The summed E-state index contributed by atoms with van der Waals surface area (Å²) in [5.41, 5.74) is 6.96. The molecule has 2 rings (SSSR count). The fourth-order valence-electron chi connectivity index (χ4n) is 2.07. The van der Waals surface area contributed by atoms with E-state index in [-0.39, 0.29) is 6.04 Å². The van der Waals surface area contributed by atoms with E-state index in [0.29, 0.717) is 6.61 Å². The molecule has 0 amide bonds. The molecule has 0 radical (unpaired) electrons. The molecule has 0 aliphatic rings. The Balaban J connectivity index is 2.07. The maximum absolute atomic E-state index is 5.90. The van der Waals surface area contributed by atoms with Gasteiger partial charge in [-0.3, -0.25) is 0 Å². The summed E-state index contributed by atoms with van der Waals surface area (Å²) in [4.78, 5) is 4.00. The average Bonchev–Trinajstić information content (AvgIpc) is 2.92. The van der Waals surface area contributed by atoms with Crippen LogP contribution in [0.15, 0.2) is 36.9 Å². The van der Waals surface area contributed by atoms with Crippen LogP contribution >= 0.6 is 0 Å². The summed E-state index contributed by atoms with van der Waals surface area (Å²) in [5.74, 6) is 1.53. The minimum absolute atomic E-state index is 0.0816. The Kier molecular flexibility index (Phi) is 5.01. The highest BCUT2D eigenvalue weighted by molar-refractivity contribution is 5.47. The number of para-hydroxylation sites is 1. The van der Waals surface area contributed by atoms with Gasteiger partial charge in [0.05, 0.1) is 20.0 Å². The number of aromatic nitrogens is 2. The summed E-state index contributed by atoms with van der Waals surface area (Å²) in [6.45, 7) is 3.28. The van der Waals surface area contributed by atoms with E-state index in [1.54, 1.807) is 19.6 Å². The molecule has 0 bridgehead atoms. The molecule has 1 atom stereocenters. The molecule has 108 valence electrons. The maximum atomic E-state index is 5.90. The first-order chi connectivity index (χ1) is 9.70.